The van der Waals surface area contributed by atoms with Crippen molar-refractivity contribution in [3.8, 4) is 0 Å². The molecule has 0 unspecified atom stereocenters. The molecule has 2 rings (SSSR count). The Labute approximate surface area is 95.2 Å². The van der Waals surface area contributed by atoms with Crippen molar-refractivity contribution in [1.82, 2.24) is 9.97 Å². The lowest BCUT2D eigenvalue weighted by Crippen LogP contribution is -2.20. The summed E-state index contributed by atoms with van der Waals surface area (Å²) in [5.41, 5.74) is -0.696. The Morgan fingerprint density at radius 1 is 1.59 bits per heavy atom. The number of ether oxygens (including phenoxy) is 1. The second-order valence-corrected chi connectivity index (χ2v) is 3.29. The van der Waals surface area contributed by atoms with Crippen LogP contribution in [0.15, 0.2) is 23.1 Å². The van der Waals surface area contributed by atoms with E-state index in [4.69, 9.17) is 4.74 Å². The Bertz CT molecular complexity index is 636. The Kier molecular flexibility index (Phi) is 2.86. The molecule has 0 aromatic carbocycles. The zero-order chi connectivity index (χ0) is 12.4. The molecule has 2 aromatic rings. The van der Waals surface area contributed by atoms with E-state index in [0.717, 1.165) is 6.07 Å². The third-order valence-corrected chi connectivity index (χ3v) is 2.19. The lowest BCUT2D eigenvalue weighted by atomic mass is 10.2. The highest BCUT2D eigenvalue weighted by Crippen LogP contribution is 2.11. The van der Waals surface area contributed by atoms with Gasteiger partial charge in [0.25, 0.3) is 5.56 Å². The summed E-state index contributed by atoms with van der Waals surface area (Å²) in [6.07, 6.45) is 1.25. The van der Waals surface area contributed by atoms with E-state index < -0.39 is 17.3 Å². The third-order valence-electron chi connectivity index (χ3n) is 2.19. The number of esters is 1. The minimum atomic E-state index is -0.748. The molecule has 0 saturated heterocycles. The molecule has 0 aliphatic heterocycles. The summed E-state index contributed by atoms with van der Waals surface area (Å²) in [6.45, 7) is 1.79. The van der Waals surface area contributed by atoms with Crippen molar-refractivity contribution in [2.24, 2.45) is 0 Å². The minimum absolute atomic E-state index is 0.0226. The molecule has 0 bridgehead atoms. The number of rotatable bonds is 2. The first-order valence-electron chi connectivity index (χ1n) is 4.98. The summed E-state index contributed by atoms with van der Waals surface area (Å²) in [6, 6.07) is 2.34. The summed E-state index contributed by atoms with van der Waals surface area (Å²) in [7, 11) is 0. The summed E-state index contributed by atoms with van der Waals surface area (Å²) in [5, 5.41) is 0. The lowest BCUT2D eigenvalue weighted by Gasteiger charge is -2.02. The minimum Gasteiger partial charge on any atom is -0.462 e. The quantitative estimate of drug-likeness (QED) is 0.796. The fourth-order valence-corrected chi connectivity index (χ4v) is 1.43. The molecule has 17 heavy (non-hydrogen) atoms. The van der Waals surface area contributed by atoms with E-state index in [1.807, 2.05) is 0 Å². The Balaban J connectivity index is 2.64. The van der Waals surface area contributed by atoms with Crippen LogP contribution in [-0.4, -0.2) is 22.5 Å². The first kappa shape index (κ1) is 11.3. The number of nitrogens with zero attached hydrogens (tertiary/aromatic N) is 1. The van der Waals surface area contributed by atoms with E-state index in [-0.39, 0.29) is 23.2 Å². The topological polar surface area (TPSA) is 72.0 Å². The van der Waals surface area contributed by atoms with Gasteiger partial charge in [0.15, 0.2) is 0 Å². The largest absolute Gasteiger partial charge is 0.462 e. The van der Waals surface area contributed by atoms with E-state index in [1.165, 1.54) is 12.3 Å². The maximum absolute atomic E-state index is 13.3. The Hall–Kier alpha value is -2.24. The summed E-state index contributed by atoms with van der Waals surface area (Å²) in [5.74, 6) is -1.34. The highest BCUT2D eigenvalue weighted by molar-refractivity contribution is 5.92. The number of halogens is 1. The predicted octanol–water partition coefficient (Wildman–Crippen LogP) is 1.24. The van der Waals surface area contributed by atoms with Crippen molar-refractivity contribution in [3.63, 3.8) is 0 Å². The van der Waals surface area contributed by atoms with Crippen LogP contribution in [0.5, 0.6) is 0 Å². The van der Waals surface area contributed by atoms with E-state index in [9.17, 15) is 14.0 Å². The van der Waals surface area contributed by atoms with Gasteiger partial charge in [-0.3, -0.25) is 9.78 Å². The molecule has 0 aliphatic rings. The number of fused-ring (bicyclic) bond motifs is 1. The molecule has 0 aliphatic carbocycles. The number of hydrogen-bond donors (Lipinski definition) is 1. The molecule has 6 heteroatoms. The van der Waals surface area contributed by atoms with E-state index >= 15 is 0 Å². The fraction of sp³-hybridized carbons (Fsp3) is 0.182. The van der Waals surface area contributed by atoms with Gasteiger partial charge in [-0.2, -0.15) is 0 Å². The average Bonchev–Trinajstić information content (AvgIpc) is 2.30. The number of carbonyl (C=O) groups excluding carboxylic acids is 1. The smallest absolute Gasteiger partial charge is 0.343 e. The van der Waals surface area contributed by atoms with Crippen LogP contribution >= 0.6 is 0 Å². The number of H-pyrrole nitrogens is 1. The molecule has 2 aromatic heterocycles. The zero-order valence-electron chi connectivity index (χ0n) is 8.99. The fourth-order valence-electron chi connectivity index (χ4n) is 1.43. The van der Waals surface area contributed by atoms with Crippen LogP contribution < -0.4 is 5.56 Å². The third kappa shape index (κ3) is 2.01. The van der Waals surface area contributed by atoms with Crippen LogP contribution in [-0.2, 0) is 4.74 Å². The molecule has 5 nitrogen and oxygen atoms in total. The second-order valence-electron chi connectivity index (χ2n) is 3.29. The maximum Gasteiger partial charge on any atom is 0.343 e. The second kappa shape index (κ2) is 4.32. The van der Waals surface area contributed by atoms with Gasteiger partial charge in [0.1, 0.15) is 16.9 Å². The van der Waals surface area contributed by atoms with Crippen molar-refractivity contribution in [3.05, 3.63) is 40.1 Å². The Morgan fingerprint density at radius 3 is 3.06 bits per heavy atom. The van der Waals surface area contributed by atoms with Crippen LogP contribution in [0.2, 0.25) is 0 Å². The highest BCUT2D eigenvalue weighted by Gasteiger charge is 2.14. The number of aromatic nitrogens is 2. The standard InChI is InChI=1S/C11H9FN2O3/c1-2-17-11(16)6-5-8-9(14-10(6)15)7(12)3-4-13-8/h3-5H,2H2,1H3,(H,14,15). The van der Waals surface area contributed by atoms with E-state index in [1.54, 1.807) is 6.92 Å². The van der Waals surface area contributed by atoms with Gasteiger partial charge in [-0.05, 0) is 19.1 Å². The summed E-state index contributed by atoms with van der Waals surface area (Å²) >= 11 is 0. The molecular weight excluding hydrogens is 227 g/mol. The normalized spacial score (nSPS) is 10.5. The van der Waals surface area contributed by atoms with Crippen molar-refractivity contribution in [2.75, 3.05) is 6.61 Å². The molecule has 88 valence electrons. The van der Waals surface area contributed by atoms with Crippen LogP contribution in [0.3, 0.4) is 0 Å². The number of carbonyl (C=O) groups is 1. The van der Waals surface area contributed by atoms with Gasteiger partial charge in [-0.25, -0.2) is 9.18 Å². The van der Waals surface area contributed by atoms with Crippen LogP contribution in [0.1, 0.15) is 17.3 Å². The monoisotopic (exact) mass is 236 g/mol. The molecule has 0 saturated carbocycles. The number of pyridine rings is 2. The van der Waals surface area contributed by atoms with Gasteiger partial charge in [0.05, 0.1) is 12.1 Å². The maximum atomic E-state index is 13.3. The molecule has 0 fully saturated rings. The Morgan fingerprint density at radius 2 is 2.35 bits per heavy atom. The molecule has 2 heterocycles. The average molecular weight is 236 g/mol. The van der Waals surface area contributed by atoms with Crippen LogP contribution in [0, 0.1) is 5.82 Å². The zero-order valence-corrected chi connectivity index (χ0v) is 8.99. The van der Waals surface area contributed by atoms with Crippen LogP contribution in [0.25, 0.3) is 11.0 Å². The van der Waals surface area contributed by atoms with Gasteiger partial charge in [-0.1, -0.05) is 0 Å². The van der Waals surface area contributed by atoms with Gasteiger partial charge < -0.3 is 9.72 Å². The van der Waals surface area contributed by atoms with Gasteiger partial charge >= 0.3 is 5.97 Å². The molecule has 1 N–H and O–H groups in total. The SMILES string of the molecule is CCOC(=O)c1cc2nccc(F)c2[nH]c1=O. The van der Waals surface area contributed by atoms with E-state index in [2.05, 4.69) is 9.97 Å². The highest BCUT2D eigenvalue weighted by atomic mass is 19.1. The molecule has 0 radical (unpaired) electrons. The van der Waals surface area contributed by atoms with Gasteiger partial charge in [-0.15, -0.1) is 0 Å². The van der Waals surface area contributed by atoms with Crippen LogP contribution in [0.4, 0.5) is 4.39 Å². The van der Waals surface area contributed by atoms with Crippen molar-refractivity contribution in [1.29, 1.82) is 0 Å². The number of aromatic amines is 1. The van der Waals surface area contributed by atoms with Crippen molar-refractivity contribution >= 4 is 17.0 Å². The van der Waals surface area contributed by atoms with E-state index in [0.29, 0.717) is 0 Å². The van der Waals surface area contributed by atoms with Gasteiger partial charge in [0, 0.05) is 6.20 Å². The predicted molar refractivity (Wildman–Crippen MR) is 58.3 cm³/mol. The summed E-state index contributed by atoms with van der Waals surface area (Å²) < 4.78 is 18.0. The molecule has 0 spiro atoms. The molecule has 0 amide bonds. The number of nitrogens with one attached hydrogen (secondary N) is 1. The van der Waals surface area contributed by atoms with Gasteiger partial charge in [0.2, 0.25) is 0 Å². The number of hydrogen-bond acceptors (Lipinski definition) is 4. The first-order chi connectivity index (χ1) is 8.13. The van der Waals surface area contributed by atoms with Crippen molar-refractivity contribution < 1.29 is 13.9 Å². The van der Waals surface area contributed by atoms with Crippen molar-refractivity contribution in [2.45, 2.75) is 6.92 Å². The molecule has 0 atom stereocenters. The molecular formula is C11H9FN2O3. The summed E-state index contributed by atoms with van der Waals surface area (Å²) in [4.78, 5) is 29.1. The lowest BCUT2D eigenvalue weighted by molar-refractivity contribution is 0.0524. The first-order valence-corrected chi connectivity index (χ1v) is 4.98.